The van der Waals surface area contributed by atoms with Crippen LogP contribution in [0.5, 0.6) is 11.5 Å². The predicted molar refractivity (Wildman–Crippen MR) is 107 cm³/mol. The van der Waals surface area contributed by atoms with Crippen LogP contribution in [0, 0.1) is 0 Å². The maximum absolute atomic E-state index is 12.8. The van der Waals surface area contributed by atoms with E-state index >= 15 is 0 Å². The molecule has 4 rings (SSSR count). The summed E-state index contributed by atoms with van der Waals surface area (Å²) in [4.78, 5) is 23.3. The number of alkyl halides is 3. The molecule has 1 aromatic heterocycles. The fourth-order valence-corrected chi connectivity index (χ4v) is 3.85. The number of carbonyl (C=O) groups excluding carboxylic acids is 1. The van der Waals surface area contributed by atoms with Crippen molar-refractivity contribution >= 4 is 16.8 Å². The number of aromatic nitrogens is 2. The molecule has 3 aromatic rings. The van der Waals surface area contributed by atoms with Gasteiger partial charge in [0.1, 0.15) is 17.8 Å². The minimum absolute atomic E-state index is 0.171. The van der Waals surface area contributed by atoms with Crippen molar-refractivity contribution in [2.24, 2.45) is 0 Å². The zero-order valence-corrected chi connectivity index (χ0v) is 16.7. The van der Waals surface area contributed by atoms with Gasteiger partial charge >= 0.3 is 6.36 Å². The number of nitrogens with zero attached hydrogens (tertiary/aromatic N) is 3. The molecule has 0 N–H and O–H groups in total. The van der Waals surface area contributed by atoms with Crippen LogP contribution in [-0.4, -0.2) is 47.3 Å². The van der Waals surface area contributed by atoms with E-state index in [9.17, 15) is 18.0 Å². The van der Waals surface area contributed by atoms with Gasteiger partial charge in [-0.3, -0.25) is 4.79 Å². The highest BCUT2D eigenvalue weighted by atomic mass is 19.4. The number of piperidine rings is 1. The van der Waals surface area contributed by atoms with E-state index in [-0.39, 0.29) is 17.6 Å². The summed E-state index contributed by atoms with van der Waals surface area (Å²) in [5.74, 6) is 0.332. The summed E-state index contributed by atoms with van der Waals surface area (Å²) in [6.45, 7) is 1.06. The lowest BCUT2D eigenvalue weighted by Gasteiger charge is -2.32. The molecule has 0 spiro atoms. The number of amides is 1. The highest BCUT2D eigenvalue weighted by Crippen LogP contribution is 2.33. The minimum atomic E-state index is -4.76. The Morgan fingerprint density at radius 1 is 1.03 bits per heavy atom. The Morgan fingerprint density at radius 3 is 2.35 bits per heavy atom. The summed E-state index contributed by atoms with van der Waals surface area (Å²) in [5.41, 5.74) is 2.10. The van der Waals surface area contributed by atoms with E-state index in [2.05, 4.69) is 14.7 Å². The van der Waals surface area contributed by atoms with Gasteiger partial charge in [0.25, 0.3) is 5.91 Å². The lowest BCUT2D eigenvalue weighted by Crippen LogP contribution is -2.38. The summed E-state index contributed by atoms with van der Waals surface area (Å²) >= 11 is 0. The maximum Gasteiger partial charge on any atom is 0.573 e. The van der Waals surface area contributed by atoms with Gasteiger partial charge in [0.05, 0.1) is 18.3 Å². The first-order valence-electron chi connectivity index (χ1n) is 9.78. The van der Waals surface area contributed by atoms with Crippen molar-refractivity contribution in [2.45, 2.75) is 25.1 Å². The molecule has 1 aliphatic rings. The number of hydrogen-bond donors (Lipinski definition) is 0. The molecule has 1 amide bonds. The molecule has 1 aliphatic heterocycles. The lowest BCUT2D eigenvalue weighted by atomic mass is 9.90. The molecule has 0 saturated carbocycles. The van der Waals surface area contributed by atoms with Crippen LogP contribution in [0.15, 0.2) is 48.8 Å². The summed E-state index contributed by atoms with van der Waals surface area (Å²) in [6, 6.07) is 10.7. The molecule has 0 aliphatic carbocycles. The molecule has 0 radical (unpaired) electrons. The van der Waals surface area contributed by atoms with Gasteiger partial charge in [-0.05, 0) is 55.3 Å². The van der Waals surface area contributed by atoms with Crippen LogP contribution in [0.1, 0.15) is 34.8 Å². The highest BCUT2D eigenvalue weighted by molar-refractivity contribution is 5.94. The van der Waals surface area contributed by atoms with E-state index in [1.54, 1.807) is 18.3 Å². The zero-order valence-electron chi connectivity index (χ0n) is 16.7. The summed E-state index contributed by atoms with van der Waals surface area (Å²) < 4.78 is 46.1. The molecule has 1 fully saturated rings. The number of carbonyl (C=O) groups is 1. The van der Waals surface area contributed by atoms with Crippen LogP contribution in [0.3, 0.4) is 0 Å². The van der Waals surface area contributed by atoms with Crippen molar-refractivity contribution in [3.8, 4) is 11.5 Å². The molecule has 6 nitrogen and oxygen atoms in total. The quantitative estimate of drug-likeness (QED) is 0.606. The Morgan fingerprint density at radius 2 is 1.71 bits per heavy atom. The lowest BCUT2D eigenvalue weighted by molar-refractivity contribution is -0.274. The molecular weight excluding hydrogens is 411 g/mol. The Hall–Kier alpha value is -3.36. The van der Waals surface area contributed by atoms with Crippen molar-refractivity contribution in [1.82, 2.24) is 14.9 Å². The summed E-state index contributed by atoms with van der Waals surface area (Å²) in [5, 5.41) is 0.937. The number of rotatable bonds is 4. The Kier molecular flexibility index (Phi) is 5.67. The average molecular weight is 431 g/mol. The fraction of sp³-hybridized carbons (Fsp3) is 0.318. The number of ether oxygens (including phenoxy) is 2. The Labute approximate surface area is 176 Å². The number of likely N-dealkylation sites (tertiary alicyclic amines) is 1. The molecule has 2 heterocycles. The first-order valence-corrected chi connectivity index (χ1v) is 9.78. The van der Waals surface area contributed by atoms with Gasteiger partial charge in [-0.25, -0.2) is 9.97 Å². The van der Waals surface area contributed by atoms with Gasteiger partial charge in [0, 0.05) is 30.0 Å². The monoisotopic (exact) mass is 431 g/mol. The second kappa shape index (κ2) is 8.41. The van der Waals surface area contributed by atoms with Crippen molar-refractivity contribution in [2.75, 3.05) is 20.2 Å². The van der Waals surface area contributed by atoms with Crippen molar-refractivity contribution in [3.63, 3.8) is 0 Å². The van der Waals surface area contributed by atoms with Crippen LogP contribution in [-0.2, 0) is 0 Å². The molecule has 1 saturated heterocycles. The first kappa shape index (κ1) is 20.9. The van der Waals surface area contributed by atoms with Gasteiger partial charge in [-0.2, -0.15) is 0 Å². The number of fused-ring (bicyclic) bond motifs is 1. The number of hydrogen-bond acceptors (Lipinski definition) is 5. The van der Waals surface area contributed by atoms with E-state index in [1.807, 2.05) is 18.2 Å². The molecule has 2 aromatic carbocycles. The van der Waals surface area contributed by atoms with Gasteiger partial charge < -0.3 is 14.4 Å². The third-order valence-electron chi connectivity index (χ3n) is 5.38. The molecule has 31 heavy (non-hydrogen) atoms. The van der Waals surface area contributed by atoms with Crippen LogP contribution >= 0.6 is 0 Å². The normalized spacial score (nSPS) is 15.2. The van der Waals surface area contributed by atoms with Crippen LogP contribution in [0.25, 0.3) is 10.9 Å². The van der Waals surface area contributed by atoms with Gasteiger partial charge in [0.2, 0.25) is 0 Å². The largest absolute Gasteiger partial charge is 0.573 e. The smallest absolute Gasteiger partial charge is 0.497 e. The molecule has 0 atom stereocenters. The third-order valence-corrected chi connectivity index (χ3v) is 5.38. The van der Waals surface area contributed by atoms with Crippen molar-refractivity contribution in [3.05, 3.63) is 60.0 Å². The van der Waals surface area contributed by atoms with Gasteiger partial charge in [0.15, 0.2) is 0 Å². The van der Waals surface area contributed by atoms with E-state index in [0.717, 1.165) is 47.3 Å². The molecule has 162 valence electrons. The second-order valence-corrected chi connectivity index (χ2v) is 7.28. The van der Waals surface area contributed by atoms with Crippen LogP contribution < -0.4 is 9.47 Å². The minimum Gasteiger partial charge on any atom is -0.497 e. The number of benzene rings is 2. The fourth-order valence-electron chi connectivity index (χ4n) is 3.85. The van der Waals surface area contributed by atoms with Crippen LogP contribution in [0.4, 0.5) is 13.2 Å². The Bertz CT molecular complexity index is 1080. The van der Waals surface area contributed by atoms with E-state index in [0.29, 0.717) is 18.7 Å². The molecular formula is C22H20F3N3O3. The number of halogens is 3. The van der Waals surface area contributed by atoms with Crippen molar-refractivity contribution in [1.29, 1.82) is 0 Å². The summed E-state index contributed by atoms with van der Waals surface area (Å²) in [7, 11) is 1.61. The Balaban J connectivity index is 1.44. The van der Waals surface area contributed by atoms with Crippen molar-refractivity contribution < 1.29 is 27.4 Å². The summed E-state index contributed by atoms with van der Waals surface area (Å²) in [6.07, 6.45) is -1.76. The molecule has 9 heteroatoms. The van der Waals surface area contributed by atoms with Gasteiger partial charge in [-0.1, -0.05) is 0 Å². The van der Waals surface area contributed by atoms with Gasteiger partial charge in [-0.15, -0.1) is 13.2 Å². The number of methoxy groups -OCH3 is 1. The van der Waals surface area contributed by atoms with E-state index in [1.165, 1.54) is 12.1 Å². The zero-order chi connectivity index (χ0) is 22.0. The standard InChI is InChI=1S/C22H20F3N3O3/c1-30-17-6-7-19-18(12-17)20(27-13-26-19)14-8-10-28(11-9-14)21(29)15-2-4-16(5-3-15)31-22(23,24)25/h2-7,12-14H,8-11H2,1H3. The molecule has 0 unspecified atom stereocenters. The predicted octanol–water partition coefficient (Wildman–Crippen LogP) is 4.56. The highest BCUT2D eigenvalue weighted by Gasteiger charge is 2.31. The average Bonchev–Trinajstić information content (AvgIpc) is 2.77. The topological polar surface area (TPSA) is 64.6 Å². The van der Waals surface area contributed by atoms with E-state index in [4.69, 9.17) is 4.74 Å². The second-order valence-electron chi connectivity index (χ2n) is 7.28. The van der Waals surface area contributed by atoms with E-state index < -0.39 is 6.36 Å². The SMILES string of the molecule is COc1ccc2ncnc(C3CCN(C(=O)c4ccc(OC(F)(F)F)cc4)CC3)c2c1. The van der Waals surface area contributed by atoms with Crippen LogP contribution in [0.2, 0.25) is 0 Å². The first-order chi connectivity index (χ1) is 14.8. The third kappa shape index (κ3) is 4.70. The molecule has 0 bridgehead atoms. The maximum atomic E-state index is 12.8.